The number of hydrogen-bond donors (Lipinski definition) is 2. The van der Waals surface area contributed by atoms with Crippen LogP contribution in [0.25, 0.3) is 0 Å². The molecule has 2 N–H and O–H groups in total. The van der Waals surface area contributed by atoms with Crippen molar-refractivity contribution in [3.8, 4) is 0 Å². The molecule has 0 saturated heterocycles. The highest BCUT2D eigenvalue weighted by atomic mass is 15.0. The Bertz CT molecular complexity index is 171. The summed E-state index contributed by atoms with van der Waals surface area (Å²) in [4.78, 5) is 0. The lowest BCUT2D eigenvalue weighted by Crippen LogP contribution is -2.35. The average Bonchev–Trinajstić information content (AvgIpc) is 2.84. The summed E-state index contributed by atoms with van der Waals surface area (Å²) in [6.07, 6.45) is 4.08. The molecule has 0 heterocycles. The van der Waals surface area contributed by atoms with Crippen molar-refractivity contribution in [3.63, 3.8) is 0 Å². The van der Waals surface area contributed by atoms with Crippen molar-refractivity contribution in [3.05, 3.63) is 0 Å². The summed E-state index contributed by atoms with van der Waals surface area (Å²) in [5, 5.41) is 7.07. The molecule has 1 aliphatic rings. The molecule has 0 aromatic heterocycles. The van der Waals surface area contributed by atoms with Crippen LogP contribution in [0.2, 0.25) is 0 Å². The second-order valence-corrected chi connectivity index (χ2v) is 6.17. The highest BCUT2D eigenvalue weighted by molar-refractivity contribution is 4.81. The van der Waals surface area contributed by atoms with E-state index in [9.17, 15) is 0 Å². The van der Waals surface area contributed by atoms with Gasteiger partial charge in [-0.1, -0.05) is 27.7 Å². The lowest BCUT2D eigenvalue weighted by atomic mass is 9.84. The maximum atomic E-state index is 3.55. The third kappa shape index (κ3) is 6.91. The van der Waals surface area contributed by atoms with Crippen molar-refractivity contribution in [2.45, 2.75) is 53.0 Å². The standard InChI is InChI=1S/C13H28N2/c1-11(2)9-13(3,4)10-14-7-8-15-12-5-6-12/h11-12,14-15H,5-10H2,1-4H3. The molecule has 0 amide bonds. The van der Waals surface area contributed by atoms with E-state index in [2.05, 4.69) is 38.3 Å². The summed E-state index contributed by atoms with van der Waals surface area (Å²) < 4.78 is 0. The van der Waals surface area contributed by atoms with Gasteiger partial charge in [0.1, 0.15) is 0 Å². The van der Waals surface area contributed by atoms with Gasteiger partial charge < -0.3 is 10.6 Å². The van der Waals surface area contributed by atoms with Crippen LogP contribution in [0, 0.1) is 11.3 Å². The maximum absolute atomic E-state index is 3.55. The van der Waals surface area contributed by atoms with Crippen molar-refractivity contribution < 1.29 is 0 Å². The average molecular weight is 212 g/mol. The van der Waals surface area contributed by atoms with E-state index >= 15 is 0 Å². The van der Waals surface area contributed by atoms with E-state index in [4.69, 9.17) is 0 Å². The predicted molar refractivity (Wildman–Crippen MR) is 67.1 cm³/mol. The van der Waals surface area contributed by atoms with Crippen molar-refractivity contribution in [2.75, 3.05) is 19.6 Å². The molecular formula is C13H28N2. The Kier molecular flexibility index (Phi) is 5.07. The summed E-state index contributed by atoms with van der Waals surface area (Å²) in [5.41, 5.74) is 0.438. The molecule has 0 bridgehead atoms. The Morgan fingerprint density at radius 3 is 2.40 bits per heavy atom. The molecule has 2 heteroatoms. The van der Waals surface area contributed by atoms with E-state index in [0.29, 0.717) is 5.41 Å². The first-order valence-corrected chi connectivity index (χ1v) is 6.44. The molecule has 0 aromatic carbocycles. The summed E-state index contributed by atoms with van der Waals surface area (Å²) in [5.74, 6) is 0.798. The van der Waals surface area contributed by atoms with Gasteiger partial charge in [-0.3, -0.25) is 0 Å². The monoisotopic (exact) mass is 212 g/mol. The van der Waals surface area contributed by atoms with Crippen molar-refractivity contribution in [2.24, 2.45) is 11.3 Å². The number of rotatable bonds is 8. The van der Waals surface area contributed by atoms with E-state index < -0.39 is 0 Å². The molecule has 1 rings (SSSR count). The summed E-state index contributed by atoms with van der Waals surface area (Å²) in [6.45, 7) is 12.7. The molecule has 15 heavy (non-hydrogen) atoms. The van der Waals surface area contributed by atoms with Crippen LogP contribution in [0.3, 0.4) is 0 Å². The molecule has 0 aromatic rings. The molecule has 0 radical (unpaired) electrons. The number of hydrogen-bond acceptors (Lipinski definition) is 2. The van der Waals surface area contributed by atoms with Gasteiger partial charge in [0.05, 0.1) is 0 Å². The van der Waals surface area contributed by atoms with E-state index in [1.807, 2.05) is 0 Å². The number of nitrogens with one attached hydrogen (secondary N) is 2. The normalized spacial score (nSPS) is 17.4. The fraction of sp³-hybridized carbons (Fsp3) is 1.00. The highest BCUT2D eigenvalue weighted by Crippen LogP contribution is 2.23. The largest absolute Gasteiger partial charge is 0.315 e. The fourth-order valence-corrected chi connectivity index (χ4v) is 2.26. The second kappa shape index (κ2) is 5.86. The zero-order valence-electron chi connectivity index (χ0n) is 10.9. The fourth-order valence-electron chi connectivity index (χ4n) is 2.26. The molecular weight excluding hydrogens is 184 g/mol. The first-order chi connectivity index (χ1) is 6.99. The van der Waals surface area contributed by atoms with E-state index in [1.165, 1.54) is 19.3 Å². The highest BCUT2D eigenvalue weighted by Gasteiger charge is 2.20. The third-order valence-electron chi connectivity index (χ3n) is 2.88. The lowest BCUT2D eigenvalue weighted by Gasteiger charge is -2.27. The molecule has 1 saturated carbocycles. The van der Waals surface area contributed by atoms with Gasteiger partial charge in [-0.2, -0.15) is 0 Å². The smallest absolute Gasteiger partial charge is 0.00793 e. The van der Waals surface area contributed by atoms with Crippen molar-refractivity contribution in [1.29, 1.82) is 0 Å². The Morgan fingerprint density at radius 1 is 1.20 bits per heavy atom. The van der Waals surface area contributed by atoms with Gasteiger partial charge in [-0.05, 0) is 30.6 Å². The van der Waals surface area contributed by atoms with Crippen LogP contribution in [0.5, 0.6) is 0 Å². The summed E-state index contributed by atoms with van der Waals surface area (Å²) in [6, 6.07) is 0.843. The van der Waals surface area contributed by atoms with Gasteiger partial charge in [0, 0.05) is 25.7 Å². The topological polar surface area (TPSA) is 24.1 Å². The first-order valence-electron chi connectivity index (χ1n) is 6.44. The Labute approximate surface area is 95.2 Å². The van der Waals surface area contributed by atoms with Crippen molar-refractivity contribution >= 4 is 0 Å². The van der Waals surface area contributed by atoms with Gasteiger partial charge in [-0.15, -0.1) is 0 Å². The van der Waals surface area contributed by atoms with Crippen LogP contribution in [-0.2, 0) is 0 Å². The van der Waals surface area contributed by atoms with Crippen LogP contribution in [0.1, 0.15) is 47.0 Å². The van der Waals surface area contributed by atoms with Gasteiger partial charge in [-0.25, -0.2) is 0 Å². The molecule has 1 fully saturated rings. The van der Waals surface area contributed by atoms with Crippen LogP contribution >= 0.6 is 0 Å². The van der Waals surface area contributed by atoms with Crippen LogP contribution in [0.15, 0.2) is 0 Å². The molecule has 90 valence electrons. The summed E-state index contributed by atoms with van der Waals surface area (Å²) in [7, 11) is 0. The quantitative estimate of drug-likeness (QED) is 0.604. The van der Waals surface area contributed by atoms with Gasteiger partial charge >= 0.3 is 0 Å². The van der Waals surface area contributed by atoms with Gasteiger partial charge in [0.15, 0.2) is 0 Å². The maximum Gasteiger partial charge on any atom is 0.00793 e. The van der Waals surface area contributed by atoms with Crippen LogP contribution in [0.4, 0.5) is 0 Å². The molecule has 1 aliphatic carbocycles. The third-order valence-corrected chi connectivity index (χ3v) is 2.88. The van der Waals surface area contributed by atoms with E-state index in [1.54, 1.807) is 0 Å². The minimum atomic E-state index is 0.438. The molecule has 0 atom stereocenters. The molecule has 2 nitrogen and oxygen atoms in total. The van der Waals surface area contributed by atoms with E-state index in [-0.39, 0.29) is 0 Å². The zero-order chi connectivity index (χ0) is 11.3. The Hall–Kier alpha value is -0.0800. The minimum absolute atomic E-state index is 0.438. The molecule has 0 aliphatic heterocycles. The Morgan fingerprint density at radius 2 is 1.87 bits per heavy atom. The van der Waals surface area contributed by atoms with Gasteiger partial charge in [0.2, 0.25) is 0 Å². The van der Waals surface area contributed by atoms with Gasteiger partial charge in [0.25, 0.3) is 0 Å². The van der Waals surface area contributed by atoms with Crippen molar-refractivity contribution in [1.82, 2.24) is 10.6 Å². The Balaban J connectivity index is 1.96. The minimum Gasteiger partial charge on any atom is -0.315 e. The summed E-state index contributed by atoms with van der Waals surface area (Å²) >= 11 is 0. The predicted octanol–water partition coefficient (Wildman–Crippen LogP) is 2.40. The molecule has 0 spiro atoms. The lowest BCUT2D eigenvalue weighted by molar-refractivity contribution is 0.274. The van der Waals surface area contributed by atoms with Crippen LogP contribution < -0.4 is 10.6 Å². The molecule has 0 unspecified atom stereocenters. The SMILES string of the molecule is CC(C)CC(C)(C)CNCCNC1CC1. The zero-order valence-corrected chi connectivity index (χ0v) is 10.9. The van der Waals surface area contributed by atoms with E-state index in [0.717, 1.165) is 31.6 Å². The van der Waals surface area contributed by atoms with Crippen LogP contribution in [-0.4, -0.2) is 25.7 Å². The first kappa shape index (κ1) is 13.0. The second-order valence-electron chi connectivity index (χ2n) is 6.17.